The number of aromatic amines is 1. The van der Waals surface area contributed by atoms with Crippen LogP contribution in [-0.4, -0.2) is 48.4 Å². The molecule has 0 fully saturated rings. The van der Waals surface area contributed by atoms with Crippen molar-refractivity contribution in [2.24, 2.45) is 0 Å². The molecule has 0 spiro atoms. The Bertz CT molecular complexity index is 1350. The van der Waals surface area contributed by atoms with Gasteiger partial charge < -0.3 is 24.3 Å². The molecular formula is C22H28N7O4P. The first-order chi connectivity index (χ1) is 16.4. The highest BCUT2D eigenvalue weighted by Crippen LogP contribution is 2.48. The third kappa shape index (κ3) is 5.11. The molecule has 0 bridgehead atoms. The van der Waals surface area contributed by atoms with Gasteiger partial charge in [-0.25, -0.2) is 19.7 Å². The number of anilines is 1. The lowest BCUT2D eigenvalue weighted by atomic mass is 10.2. The number of aryl methyl sites for hydroxylation is 1. The molecule has 0 aliphatic rings. The maximum atomic E-state index is 12.7. The third-order valence-corrected chi connectivity index (χ3v) is 7.40. The molecule has 4 aromatic rings. The average molecular weight is 485 g/mol. The number of hydrogen-bond acceptors (Lipinski definition) is 8. The summed E-state index contributed by atoms with van der Waals surface area (Å²) in [5.74, 6) is 0.959. The molecule has 12 heteroatoms. The number of H-pyrrole nitrogens is 1. The Hall–Kier alpha value is -3.27. The Kier molecular flexibility index (Phi) is 7.26. The molecule has 3 N–H and O–H groups in total. The molecule has 0 unspecified atom stereocenters. The van der Waals surface area contributed by atoms with Crippen molar-refractivity contribution < 1.29 is 13.6 Å². The number of fused-ring (bicyclic) bond motifs is 1. The van der Waals surface area contributed by atoms with Gasteiger partial charge in [0.2, 0.25) is 0 Å². The van der Waals surface area contributed by atoms with Gasteiger partial charge in [-0.2, -0.15) is 0 Å². The van der Waals surface area contributed by atoms with Crippen LogP contribution < -0.4 is 11.4 Å². The molecule has 3 aromatic heterocycles. The standard InChI is InChI=1S/C22H28N7O4P/c1-3-32-34(31,33-4-2)14-8-12-28-13-11-24-21(28)19-26-18(23)17-20(27-19)29(22(30)25-17)15-16-9-6-5-7-10-16/h5-7,9-11,13H,3-4,8,12,14-15H2,1-2H3,(H,25,30)(H2,23,26,27). The molecule has 0 amide bonds. The minimum atomic E-state index is -3.13. The molecule has 0 aliphatic heterocycles. The summed E-state index contributed by atoms with van der Waals surface area (Å²) in [5, 5.41) is 0. The monoisotopic (exact) mass is 485 g/mol. The van der Waals surface area contributed by atoms with Crippen LogP contribution in [0.15, 0.2) is 47.5 Å². The van der Waals surface area contributed by atoms with Crippen molar-refractivity contribution in [1.82, 2.24) is 29.1 Å². The number of aromatic nitrogens is 6. The van der Waals surface area contributed by atoms with Gasteiger partial charge in [0.15, 0.2) is 23.1 Å². The highest BCUT2D eigenvalue weighted by atomic mass is 31.2. The molecule has 4 rings (SSSR count). The van der Waals surface area contributed by atoms with E-state index in [9.17, 15) is 9.36 Å². The first-order valence-electron chi connectivity index (χ1n) is 11.1. The predicted octanol–water partition coefficient (Wildman–Crippen LogP) is 3.27. The van der Waals surface area contributed by atoms with E-state index in [1.807, 2.05) is 34.9 Å². The lowest BCUT2D eigenvalue weighted by molar-refractivity contribution is 0.219. The van der Waals surface area contributed by atoms with Crippen molar-refractivity contribution in [1.29, 1.82) is 0 Å². The lowest BCUT2D eigenvalue weighted by Crippen LogP contribution is -2.17. The average Bonchev–Trinajstić information content (AvgIpc) is 3.40. The van der Waals surface area contributed by atoms with Gasteiger partial charge in [-0.3, -0.25) is 9.13 Å². The Morgan fingerprint density at radius 3 is 2.56 bits per heavy atom. The first kappa shape index (κ1) is 23.9. The highest BCUT2D eigenvalue weighted by molar-refractivity contribution is 7.53. The van der Waals surface area contributed by atoms with Crippen LogP contribution in [0, 0.1) is 0 Å². The zero-order valence-electron chi connectivity index (χ0n) is 19.2. The van der Waals surface area contributed by atoms with Crippen molar-refractivity contribution in [2.75, 3.05) is 25.1 Å². The van der Waals surface area contributed by atoms with Crippen LogP contribution in [0.4, 0.5) is 5.82 Å². The van der Waals surface area contributed by atoms with Gasteiger partial charge in [-0.05, 0) is 25.8 Å². The molecular weight excluding hydrogens is 457 g/mol. The number of nitrogens with zero attached hydrogens (tertiary/aromatic N) is 5. The number of imidazole rings is 2. The molecule has 180 valence electrons. The quantitative estimate of drug-likeness (QED) is 0.308. The van der Waals surface area contributed by atoms with Gasteiger partial charge in [0.1, 0.15) is 5.52 Å². The molecule has 34 heavy (non-hydrogen) atoms. The van der Waals surface area contributed by atoms with Crippen molar-refractivity contribution in [3.05, 3.63) is 58.8 Å². The summed E-state index contributed by atoms with van der Waals surface area (Å²) < 4.78 is 26.8. The van der Waals surface area contributed by atoms with Gasteiger partial charge in [-0.15, -0.1) is 0 Å². The van der Waals surface area contributed by atoms with E-state index in [2.05, 4.69) is 19.9 Å². The second kappa shape index (κ2) is 10.3. The van der Waals surface area contributed by atoms with Crippen LogP contribution in [-0.2, 0) is 26.7 Å². The Morgan fingerprint density at radius 2 is 1.85 bits per heavy atom. The van der Waals surface area contributed by atoms with Gasteiger partial charge in [-0.1, -0.05) is 30.3 Å². The molecule has 0 radical (unpaired) electrons. The number of nitrogen functional groups attached to an aromatic ring is 1. The Labute approximate surface area is 196 Å². The predicted molar refractivity (Wildman–Crippen MR) is 130 cm³/mol. The summed E-state index contributed by atoms with van der Waals surface area (Å²) >= 11 is 0. The minimum absolute atomic E-state index is 0.163. The number of hydrogen-bond donors (Lipinski definition) is 2. The molecule has 11 nitrogen and oxygen atoms in total. The van der Waals surface area contributed by atoms with Crippen LogP contribution in [0.2, 0.25) is 0 Å². The zero-order valence-corrected chi connectivity index (χ0v) is 20.1. The fourth-order valence-electron chi connectivity index (χ4n) is 3.75. The van der Waals surface area contributed by atoms with Crippen LogP contribution in [0.3, 0.4) is 0 Å². The fraction of sp³-hybridized carbons (Fsp3) is 0.364. The van der Waals surface area contributed by atoms with E-state index in [4.69, 9.17) is 14.8 Å². The van der Waals surface area contributed by atoms with E-state index >= 15 is 0 Å². The van der Waals surface area contributed by atoms with Crippen molar-refractivity contribution in [2.45, 2.75) is 33.4 Å². The summed E-state index contributed by atoms with van der Waals surface area (Å²) in [6, 6.07) is 9.62. The molecule has 0 saturated heterocycles. The minimum Gasteiger partial charge on any atom is -0.382 e. The number of nitrogens with one attached hydrogen (secondary N) is 1. The van der Waals surface area contributed by atoms with E-state index in [1.54, 1.807) is 26.2 Å². The second-order valence-electron chi connectivity index (χ2n) is 7.60. The van der Waals surface area contributed by atoms with E-state index in [0.717, 1.165) is 5.56 Å². The largest absolute Gasteiger partial charge is 0.382 e. The number of nitrogens with two attached hydrogens (primary N) is 1. The SMILES string of the molecule is CCOP(=O)(CCCn1ccnc1-c1nc(N)c2[nH]c(=O)n(Cc3ccccc3)c2n1)OCC. The van der Waals surface area contributed by atoms with Crippen LogP contribution in [0.5, 0.6) is 0 Å². The number of rotatable bonds is 11. The fourth-order valence-corrected chi connectivity index (χ4v) is 5.40. The van der Waals surface area contributed by atoms with E-state index < -0.39 is 7.60 Å². The second-order valence-corrected chi connectivity index (χ2v) is 9.79. The van der Waals surface area contributed by atoms with Gasteiger partial charge >= 0.3 is 13.3 Å². The molecule has 0 atom stereocenters. The maximum absolute atomic E-state index is 12.7. The first-order valence-corrected chi connectivity index (χ1v) is 12.9. The van der Waals surface area contributed by atoms with E-state index in [1.165, 1.54) is 4.57 Å². The van der Waals surface area contributed by atoms with Crippen LogP contribution >= 0.6 is 7.60 Å². The lowest BCUT2D eigenvalue weighted by Gasteiger charge is -2.17. The summed E-state index contributed by atoms with van der Waals surface area (Å²) in [6.45, 7) is 5.06. The van der Waals surface area contributed by atoms with E-state index in [0.29, 0.717) is 55.5 Å². The summed E-state index contributed by atoms with van der Waals surface area (Å²) in [7, 11) is -3.13. The Balaban J connectivity index is 1.61. The molecule has 1 aromatic carbocycles. The van der Waals surface area contributed by atoms with Crippen molar-refractivity contribution >= 4 is 24.6 Å². The zero-order chi connectivity index (χ0) is 24.1. The van der Waals surface area contributed by atoms with Gasteiger partial charge in [0, 0.05) is 18.9 Å². The van der Waals surface area contributed by atoms with Crippen molar-refractivity contribution in [3.8, 4) is 11.6 Å². The molecule has 0 aliphatic carbocycles. The normalized spacial score (nSPS) is 11.9. The van der Waals surface area contributed by atoms with Gasteiger partial charge in [0.25, 0.3) is 0 Å². The highest BCUT2D eigenvalue weighted by Gasteiger charge is 2.23. The number of benzene rings is 1. The smallest absolute Gasteiger partial charge is 0.330 e. The van der Waals surface area contributed by atoms with Crippen LogP contribution in [0.25, 0.3) is 22.8 Å². The van der Waals surface area contributed by atoms with Crippen molar-refractivity contribution in [3.63, 3.8) is 0 Å². The molecule has 3 heterocycles. The summed E-state index contributed by atoms with van der Waals surface area (Å²) in [5.41, 5.74) is 7.60. The third-order valence-electron chi connectivity index (χ3n) is 5.23. The summed E-state index contributed by atoms with van der Waals surface area (Å²) in [6.07, 6.45) is 4.25. The Morgan fingerprint density at radius 1 is 1.12 bits per heavy atom. The molecule has 0 saturated carbocycles. The van der Waals surface area contributed by atoms with Gasteiger partial charge in [0.05, 0.1) is 25.9 Å². The maximum Gasteiger partial charge on any atom is 0.330 e. The summed E-state index contributed by atoms with van der Waals surface area (Å²) in [4.78, 5) is 28.8. The van der Waals surface area contributed by atoms with Crippen LogP contribution in [0.1, 0.15) is 25.8 Å². The van der Waals surface area contributed by atoms with E-state index in [-0.39, 0.29) is 17.7 Å². The topological polar surface area (TPSA) is 143 Å².